The van der Waals surface area contributed by atoms with Crippen molar-refractivity contribution < 1.29 is 14.3 Å². The topological polar surface area (TPSA) is 68.6 Å². The van der Waals surface area contributed by atoms with E-state index in [0.29, 0.717) is 22.9 Å². The lowest BCUT2D eigenvalue weighted by Crippen LogP contribution is -2.34. The quantitative estimate of drug-likeness (QED) is 0.624. The molecular formula is C22H34N4O3. The molecule has 0 aliphatic carbocycles. The number of hydrogen-bond acceptors (Lipinski definition) is 5. The van der Waals surface area contributed by atoms with Crippen LogP contribution < -0.4 is 14.8 Å². The lowest BCUT2D eigenvalue weighted by molar-refractivity contribution is 0.0927. The van der Waals surface area contributed by atoms with E-state index < -0.39 is 0 Å². The van der Waals surface area contributed by atoms with Crippen LogP contribution in [0.1, 0.15) is 44.1 Å². The van der Waals surface area contributed by atoms with Crippen molar-refractivity contribution in [1.29, 1.82) is 0 Å². The Morgan fingerprint density at radius 1 is 1.21 bits per heavy atom. The lowest BCUT2D eigenvalue weighted by Gasteiger charge is -2.19. The highest BCUT2D eigenvalue weighted by molar-refractivity contribution is 5.94. The average Bonchev–Trinajstić information content (AvgIpc) is 3.12. The molecule has 0 saturated heterocycles. The van der Waals surface area contributed by atoms with E-state index in [1.54, 1.807) is 32.0 Å². The van der Waals surface area contributed by atoms with Crippen molar-refractivity contribution in [2.75, 3.05) is 33.9 Å². The number of nitrogens with one attached hydrogen (secondary N) is 1. The van der Waals surface area contributed by atoms with Crippen LogP contribution in [0.15, 0.2) is 24.3 Å². The summed E-state index contributed by atoms with van der Waals surface area (Å²) in [6.45, 7) is 9.57. The van der Waals surface area contributed by atoms with Gasteiger partial charge in [0.15, 0.2) is 0 Å². The number of hydrogen-bond donors (Lipinski definition) is 1. The Morgan fingerprint density at radius 3 is 2.55 bits per heavy atom. The smallest absolute Gasteiger partial charge is 0.269 e. The van der Waals surface area contributed by atoms with Gasteiger partial charge in [0.1, 0.15) is 17.2 Å². The summed E-state index contributed by atoms with van der Waals surface area (Å²) in [6.07, 6.45) is 2.00. The van der Waals surface area contributed by atoms with E-state index in [-0.39, 0.29) is 11.9 Å². The summed E-state index contributed by atoms with van der Waals surface area (Å²) in [5, 5.41) is 7.60. The van der Waals surface area contributed by atoms with Crippen molar-refractivity contribution in [1.82, 2.24) is 20.0 Å². The van der Waals surface area contributed by atoms with Crippen molar-refractivity contribution in [3.63, 3.8) is 0 Å². The molecule has 0 spiro atoms. The van der Waals surface area contributed by atoms with Crippen molar-refractivity contribution in [2.24, 2.45) is 7.05 Å². The molecule has 0 aliphatic rings. The van der Waals surface area contributed by atoms with Gasteiger partial charge in [-0.2, -0.15) is 5.10 Å². The third-order valence-electron chi connectivity index (χ3n) is 5.18. The molecule has 160 valence electrons. The molecule has 0 aliphatic heterocycles. The first-order valence-corrected chi connectivity index (χ1v) is 10.2. The van der Waals surface area contributed by atoms with Crippen LogP contribution in [0, 0.1) is 0 Å². The molecule has 1 aromatic heterocycles. The largest absolute Gasteiger partial charge is 0.497 e. The summed E-state index contributed by atoms with van der Waals surface area (Å²) in [5.74, 6) is 1.24. The van der Waals surface area contributed by atoms with Crippen LogP contribution in [0.2, 0.25) is 0 Å². The van der Waals surface area contributed by atoms with Gasteiger partial charge in [0.25, 0.3) is 5.91 Å². The summed E-state index contributed by atoms with van der Waals surface area (Å²) in [5.41, 5.74) is 2.02. The molecule has 0 fully saturated rings. The number of carbonyl (C=O) groups is 1. The molecule has 2 aromatic rings. The van der Waals surface area contributed by atoms with Crippen molar-refractivity contribution in [3.8, 4) is 22.8 Å². The Labute approximate surface area is 174 Å². The standard InChI is InChI=1S/C22H34N4O3/c1-7-26(8-2)13-9-10-16(3)23-22(27)20-15-19(24-25(20)4)18-12-11-17(28-5)14-21(18)29-6/h11-12,14-16H,7-10,13H2,1-6H3,(H,23,27). The van der Waals surface area contributed by atoms with Crippen LogP contribution in [0.3, 0.4) is 0 Å². The van der Waals surface area contributed by atoms with Crippen molar-refractivity contribution >= 4 is 5.91 Å². The maximum Gasteiger partial charge on any atom is 0.269 e. The second kappa shape index (κ2) is 10.9. The van der Waals surface area contributed by atoms with Gasteiger partial charge in [-0.1, -0.05) is 13.8 Å². The molecule has 1 heterocycles. The Kier molecular flexibility index (Phi) is 8.51. The Morgan fingerprint density at radius 2 is 1.93 bits per heavy atom. The number of carbonyl (C=O) groups excluding carboxylic acids is 1. The van der Waals surface area contributed by atoms with Crippen LogP contribution in [0.5, 0.6) is 11.5 Å². The molecule has 1 unspecified atom stereocenters. The first-order valence-electron chi connectivity index (χ1n) is 10.2. The number of benzene rings is 1. The summed E-state index contributed by atoms with van der Waals surface area (Å²) >= 11 is 0. The molecule has 1 amide bonds. The van der Waals surface area contributed by atoms with Gasteiger partial charge < -0.3 is 19.7 Å². The molecule has 0 saturated carbocycles. The number of amides is 1. The predicted octanol–water partition coefficient (Wildman–Crippen LogP) is 3.34. The Bertz CT molecular complexity index is 799. The van der Waals surface area contributed by atoms with E-state index in [4.69, 9.17) is 9.47 Å². The SMILES string of the molecule is CCN(CC)CCCC(C)NC(=O)c1cc(-c2ccc(OC)cc2OC)nn1C. The zero-order valence-corrected chi connectivity index (χ0v) is 18.5. The van der Waals surface area contributed by atoms with Crippen molar-refractivity contribution in [3.05, 3.63) is 30.0 Å². The predicted molar refractivity (Wildman–Crippen MR) is 116 cm³/mol. The van der Waals surface area contributed by atoms with E-state index in [1.165, 1.54) is 0 Å². The number of rotatable bonds is 11. The number of nitrogens with zero attached hydrogens (tertiary/aromatic N) is 3. The average molecular weight is 403 g/mol. The summed E-state index contributed by atoms with van der Waals surface area (Å²) in [7, 11) is 5.00. The molecule has 1 aromatic carbocycles. The van der Waals surface area contributed by atoms with Crippen LogP contribution in [-0.4, -0.2) is 60.5 Å². The van der Waals surface area contributed by atoms with Crippen molar-refractivity contribution in [2.45, 2.75) is 39.7 Å². The third kappa shape index (κ3) is 5.97. The maximum atomic E-state index is 12.8. The highest BCUT2D eigenvalue weighted by Crippen LogP contribution is 2.32. The van der Waals surface area contributed by atoms with Gasteiger partial charge in [-0.3, -0.25) is 9.48 Å². The van der Waals surface area contributed by atoms with Crippen LogP contribution in [0.25, 0.3) is 11.3 Å². The van der Waals surface area contributed by atoms with Gasteiger partial charge in [0.2, 0.25) is 0 Å². The van der Waals surface area contributed by atoms with Crippen LogP contribution in [-0.2, 0) is 7.05 Å². The highest BCUT2D eigenvalue weighted by atomic mass is 16.5. The molecule has 29 heavy (non-hydrogen) atoms. The minimum atomic E-state index is -0.117. The zero-order chi connectivity index (χ0) is 21.4. The molecule has 1 N–H and O–H groups in total. The maximum absolute atomic E-state index is 12.8. The zero-order valence-electron chi connectivity index (χ0n) is 18.5. The van der Waals surface area contributed by atoms with Gasteiger partial charge >= 0.3 is 0 Å². The minimum Gasteiger partial charge on any atom is -0.497 e. The molecule has 0 bridgehead atoms. The van der Waals surface area contributed by atoms with Gasteiger partial charge in [-0.05, 0) is 57.6 Å². The molecular weight excluding hydrogens is 368 g/mol. The second-order valence-electron chi connectivity index (χ2n) is 7.15. The van der Waals surface area contributed by atoms with E-state index in [1.807, 2.05) is 25.1 Å². The number of methoxy groups -OCH3 is 2. The van der Waals surface area contributed by atoms with E-state index >= 15 is 0 Å². The summed E-state index contributed by atoms with van der Waals surface area (Å²) in [6, 6.07) is 7.44. The number of aromatic nitrogens is 2. The fourth-order valence-corrected chi connectivity index (χ4v) is 3.35. The van der Waals surface area contributed by atoms with Crippen LogP contribution >= 0.6 is 0 Å². The first kappa shape index (κ1) is 22.7. The fraction of sp³-hybridized carbons (Fsp3) is 0.545. The first-order chi connectivity index (χ1) is 13.9. The summed E-state index contributed by atoms with van der Waals surface area (Å²) < 4.78 is 12.3. The number of aryl methyl sites for hydroxylation is 1. The highest BCUT2D eigenvalue weighted by Gasteiger charge is 2.18. The monoisotopic (exact) mass is 402 g/mol. The van der Waals surface area contributed by atoms with E-state index in [2.05, 4.69) is 29.2 Å². The summed E-state index contributed by atoms with van der Waals surface area (Å²) in [4.78, 5) is 15.1. The third-order valence-corrected chi connectivity index (χ3v) is 5.18. The molecule has 7 nitrogen and oxygen atoms in total. The second-order valence-corrected chi connectivity index (χ2v) is 7.15. The molecule has 1 atom stereocenters. The van der Waals surface area contributed by atoms with Gasteiger partial charge in [-0.15, -0.1) is 0 Å². The lowest BCUT2D eigenvalue weighted by atomic mass is 10.1. The number of ether oxygens (including phenoxy) is 2. The Balaban J connectivity index is 2.05. The molecule has 2 rings (SSSR count). The Hall–Kier alpha value is -2.54. The fourth-order valence-electron chi connectivity index (χ4n) is 3.35. The van der Waals surface area contributed by atoms with Gasteiger partial charge in [-0.25, -0.2) is 0 Å². The normalized spacial score (nSPS) is 12.1. The molecule has 0 radical (unpaired) electrons. The van der Waals surface area contributed by atoms with Gasteiger partial charge in [0, 0.05) is 24.7 Å². The van der Waals surface area contributed by atoms with Gasteiger partial charge in [0.05, 0.1) is 19.9 Å². The molecule has 7 heteroatoms. The van der Waals surface area contributed by atoms with E-state index in [0.717, 1.165) is 38.0 Å². The van der Waals surface area contributed by atoms with Crippen LogP contribution in [0.4, 0.5) is 0 Å². The van der Waals surface area contributed by atoms with E-state index in [9.17, 15) is 4.79 Å². The minimum absolute atomic E-state index is 0.104.